The Balaban J connectivity index is 2.52. The molecule has 0 saturated heterocycles. The summed E-state index contributed by atoms with van der Waals surface area (Å²) in [5.41, 5.74) is 1.89. The number of fused-ring (bicyclic) bond motifs is 1. The summed E-state index contributed by atoms with van der Waals surface area (Å²) < 4.78 is 7.09. The minimum Gasteiger partial charge on any atom is -0.466 e. The highest BCUT2D eigenvalue weighted by atomic mass is 127. The molecule has 2 heterocycles. The largest absolute Gasteiger partial charge is 0.466 e. The van der Waals surface area contributed by atoms with E-state index < -0.39 is 18.9 Å². The third kappa shape index (κ3) is 2.92. The number of hydrogen-bond acceptors (Lipinski definition) is 4. The SMILES string of the molecule is CCOC(=O)Cc1c[nH]c2c1C([N+](=O)[O-])=I(C)=CC=C2. The zero-order valence-electron chi connectivity index (χ0n) is 11.2. The third-order valence-electron chi connectivity index (χ3n) is 2.81. The van der Waals surface area contributed by atoms with Crippen LogP contribution in [0.15, 0.2) is 12.3 Å². The number of hydrogen-bond donors (Lipinski definition) is 1. The Morgan fingerprint density at radius 2 is 2.30 bits per heavy atom. The van der Waals surface area contributed by atoms with E-state index in [4.69, 9.17) is 4.74 Å². The summed E-state index contributed by atoms with van der Waals surface area (Å²) in [4.78, 5) is 27.6. The van der Waals surface area contributed by atoms with Gasteiger partial charge in [-0.1, -0.05) is 24.9 Å². The molecule has 20 heavy (non-hydrogen) atoms. The van der Waals surface area contributed by atoms with Gasteiger partial charge in [0.15, 0.2) is 0 Å². The van der Waals surface area contributed by atoms with Crippen molar-refractivity contribution in [3.05, 3.63) is 39.2 Å². The molecule has 1 aromatic heterocycles. The molecule has 0 fully saturated rings. The van der Waals surface area contributed by atoms with Crippen molar-refractivity contribution in [3.63, 3.8) is 0 Å². The molecular weight excluding hydrogens is 375 g/mol. The van der Waals surface area contributed by atoms with Crippen LogP contribution < -0.4 is 0 Å². The fraction of sp³-hybridized carbons (Fsp3) is 0.308. The molecule has 2 rings (SSSR count). The number of rotatable bonds is 4. The fourth-order valence-corrected chi connectivity index (χ4v) is 5.29. The van der Waals surface area contributed by atoms with Gasteiger partial charge in [-0.2, -0.15) is 0 Å². The van der Waals surface area contributed by atoms with E-state index in [2.05, 4.69) is 4.98 Å². The van der Waals surface area contributed by atoms with E-state index in [0.717, 1.165) is 0 Å². The lowest BCUT2D eigenvalue weighted by atomic mass is 10.1. The van der Waals surface area contributed by atoms with E-state index in [1.165, 1.54) is 0 Å². The summed E-state index contributed by atoms with van der Waals surface area (Å²) in [6.45, 7) is 2.04. The molecule has 0 saturated carbocycles. The summed E-state index contributed by atoms with van der Waals surface area (Å²) in [5, 5.41) is 11.4. The lowest BCUT2D eigenvalue weighted by Gasteiger charge is -2.04. The minimum absolute atomic E-state index is 0.0504. The summed E-state index contributed by atoms with van der Waals surface area (Å²) in [7, 11) is 0. The number of alkyl halides is 1. The molecule has 0 bridgehead atoms. The first-order valence-electron chi connectivity index (χ1n) is 6.02. The number of esters is 1. The number of carbonyl (C=O) groups excluding carboxylic acids is 1. The third-order valence-corrected chi connectivity index (χ3v) is 6.85. The van der Waals surface area contributed by atoms with Crippen LogP contribution in [0.4, 0.5) is 0 Å². The first kappa shape index (κ1) is 14.8. The maximum absolute atomic E-state index is 11.6. The van der Waals surface area contributed by atoms with Gasteiger partial charge >= 0.3 is 5.97 Å². The van der Waals surface area contributed by atoms with Crippen molar-refractivity contribution >= 4 is 38.6 Å². The molecular formula is C13H15IN2O4. The second-order valence-corrected chi connectivity index (χ2v) is 8.82. The topological polar surface area (TPSA) is 85.2 Å². The normalized spacial score (nSPS) is 14.4. The van der Waals surface area contributed by atoms with Gasteiger partial charge in [0, 0.05) is 6.20 Å². The Kier molecular flexibility index (Phi) is 4.58. The zero-order valence-corrected chi connectivity index (χ0v) is 13.3. The van der Waals surface area contributed by atoms with E-state index in [9.17, 15) is 14.9 Å². The summed E-state index contributed by atoms with van der Waals surface area (Å²) in [6.07, 6.45) is 5.37. The van der Waals surface area contributed by atoms with Crippen molar-refractivity contribution in [1.82, 2.24) is 4.98 Å². The first-order chi connectivity index (χ1) is 9.54. The molecule has 1 aliphatic heterocycles. The summed E-state index contributed by atoms with van der Waals surface area (Å²) in [6, 6.07) is 0. The minimum atomic E-state index is -1.96. The molecule has 0 radical (unpaired) electrons. The average Bonchev–Trinajstić information content (AvgIpc) is 2.66. The van der Waals surface area contributed by atoms with Crippen molar-refractivity contribution in [1.29, 1.82) is 0 Å². The summed E-state index contributed by atoms with van der Waals surface area (Å²) >= 11 is -1.96. The number of aromatic nitrogens is 1. The van der Waals surface area contributed by atoms with Crippen molar-refractivity contribution in [3.8, 4) is 0 Å². The molecule has 1 aromatic rings. The number of aromatic amines is 1. The Morgan fingerprint density at radius 3 is 2.95 bits per heavy atom. The van der Waals surface area contributed by atoms with E-state index in [1.54, 1.807) is 13.1 Å². The maximum atomic E-state index is 11.6. The Labute approximate surface area is 122 Å². The number of nitro groups is 1. The highest BCUT2D eigenvalue weighted by Gasteiger charge is 2.26. The number of carbonyl (C=O) groups is 1. The molecule has 0 amide bonds. The highest BCUT2D eigenvalue weighted by molar-refractivity contribution is 14.2. The molecule has 1 aliphatic rings. The van der Waals surface area contributed by atoms with Crippen LogP contribution in [0.3, 0.4) is 0 Å². The lowest BCUT2D eigenvalue weighted by molar-refractivity contribution is -0.343. The number of halogens is 1. The first-order valence-corrected chi connectivity index (χ1v) is 10.5. The fourth-order valence-electron chi connectivity index (χ4n) is 2.01. The predicted octanol–water partition coefficient (Wildman–Crippen LogP) is 1.84. The zero-order chi connectivity index (χ0) is 14.7. The molecule has 0 atom stereocenters. The number of H-pyrrole nitrogens is 1. The number of ether oxygens (including phenoxy) is 1. The van der Waals surface area contributed by atoms with Gasteiger partial charge in [-0.05, 0) is 27.5 Å². The highest BCUT2D eigenvalue weighted by Crippen LogP contribution is 2.26. The Hall–Kier alpha value is -1.64. The number of nitrogens with zero attached hydrogens (tertiary/aromatic N) is 1. The van der Waals surface area contributed by atoms with E-state index in [0.29, 0.717) is 23.4 Å². The second-order valence-electron chi connectivity index (χ2n) is 4.13. The van der Waals surface area contributed by atoms with Crippen LogP contribution in [-0.2, 0) is 16.0 Å². The van der Waals surface area contributed by atoms with Crippen molar-refractivity contribution in [2.45, 2.75) is 13.3 Å². The van der Waals surface area contributed by atoms with Crippen molar-refractivity contribution in [2.75, 3.05) is 11.5 Å². The van der Waals surface area contributed by atoms with Crippen molar-refractivity contribution < 1.29 is 14.5 Å². The quantitative estimate of drug-likeness (QED) is 0.280. The van der Waals surface area contributed by atoms with Gasteiger partial charge in [0.25, 0.3) is 3.63 Å². The van der Waals surface area contributed by atoms with Gasteiger partial charge in [0.1, 0.15) is 0 Å². The van der Waals surface area contributed by atoms with Gasteiger partial charge < -0.3 is 9.72 Å². The second kappa shape index (κ2) is 6.21. The molecule has 0 aliphatic carbocycles. The van der Waals surface area contributed by atoms with E-state index >= 15 is 0 Å². The molecule has 6 nitrogen and oxygen atoms in total. The molecule has 7 heteroatoms. The monoisotopic (exact) mass is 390 g/mol. The predicted molar refractivity (Wildman–Crippen MR) is 87.3 cm³/mol. The van der Waals surface area contributed by atoms with Gasteiger partial charge in [-0.3, -0.25) is 14.9 Å². The van der Waals surface area contributed by atoms with Crippen LogP contribution in [0, 0.1) is 10.1 Å². The van der Waals surface area contributed by atoms with E-state index in [1.807, 2.05) is 21.1 Å². The van der Waals surface area contributed by atoms with Crippen LogP contribution in [0.2, 0.25) is 0 Å². The van der Waals surface area contributed by atoms with Crippen LogP contribution in [-0.4, -0.2) is 35.1 Å². The van der Waals surface area contributed by atoms with Crippen LogP contribution in [0.5, 0.6) is 0 Å². The van der Waals surface area contributed by atoms with Gasteiger partial charge in [-0.15, -0.1) is 0 Å². The van der Waals surface area contributed by atoms with E-state index in [-0.39, 0.29) is 20.9 Å². The van der Waals surface area contributed by atoms with Crippen LogP contribution >= 0.6 is 18.9 Å². The van der Waals surface area contributed by atoms with Gasteiger partial charge in [0.05, 0.1) is 29.2 Å². The number of nitrogens with one attached hydrogen (secondary N) is 1. The van der Waals surface area contributed by atoms with Crippen LogP contribution in [0.25, 0.3) is 6.08 Å². The smallest absolute Gasteiger partial charge is 0.310 e. The Morgan fingerprint density at radius 1 is 1.55 bits per heavy atom. The standard InChI is InChI=1S/C13H15IN2O4/c1-3-20-11(17)7-9-8-15-10-5-4-6-14(2)13(12(9)10)16(18)19/h4-6,8,15H,3,7H2,1-2H3. The van der Waals surface area contributed by atoms with Gasteiger partial charge in [0.2, 0.25) is 0 Å². The molecule has 0 spiro atoms. The number of allylic oxidation sites excluding steroid dienone is 1. The van der Waals surface area contributed by atoms with Crippen LogP contribution in [0.1, 0.15) is 23.7 Å². The Bertz CT molecular complexity index is 679. The average molecular weight is 390 g/mol. The molecule has 108 valence electrons. The molecule has 1 N–H and O–H groups in total. The maximum Gasteiger partial charge on any atom is 0.310 e. The van der Waals surface area contributed by atoms with Crippen molar-refractivity contribution in [2.24, 2.45) is 0 Å². The lowest BCUT2D eigenvalue weighted by Crippen LogP contribution is -2.16. The summed E-state index contributed by atoms with van der Waals surface area (Å²) in [5.74, 6) is -0.370. The van der Waals surface area contributed by atoms with Gasteiger partial charge in [-0.25, -0.2) is 0 Å². The molecule has 0 unspecified atom stereocenters. The molecule has 0 aromatic carbocycles.